The number of primary amides is 1. The molecule has 0 saturated heterocycles. The summed E-state index contributed by atoms with van der Waals surface area (Å²) in [5.41, 5.74) is 6.01. The van der Waals surface area contributed by atoms with Crippen LogP contribution in [0.25, 0.3) is 0 Å². The van der Waals surface area contributed by atoms with E-state index in [1.165, 1.54) is 6.42 Å². The van der Waals surface area contributed by atoms with E-state index in [1.807, 2.05) is 24.3 Å². The second kappa shape index (κ2) is 6.16. The lowest BCUT2D eigenvalue weighted by molar-refractivity contribution is -0.123. The molecule has 20 heavy (non-hydrogen) atoms. The summed E-state index contributed by atoms with van der Waals surface area (Å²) in [6, 6.07) is 7.63. The highest BCUT2D eigenvalue weighted by Gasteiger charge is 2.40. The molecule has 3 N–H and O–H groups in total. The molecule has 110 valence electrons. The Hall–Kier alpha value is -1.71. The molecule has 1 aromatic carbocycles. The first kappa shape index (κ1) is 14.7. The van der Waals surface area contributed by atoms with E-state index in [-0.39, 0.29) is 5.91 Å². The Balaban J connectivity index is 2.17. The van der Waals surface area contributed by atoms with Crippen molar-refractivity contribution in [2.24, 2.45) is 11.7 Å². The third-order valence-electron chi connectivity index (χ3n) is 4.38. The quantitative estimate of drug-likeness (QED) is 0.869. The molecule has 1 aliphatic carbocycles. The van der Waals surface area contributed by atoms with Crippen LogP contribution in [0.3, 0.4) is 0 Å². The Morgan fingerprint density at radius 1 is 1.45 bits per heavy atom. The van der Waals surface area contributed by atoms with Crippen LogP contribution in [0.4, 0.5) is 5.69 Å². The van der Waals surface area contributed by atoms with Crippen LogP contribution in [0.2, 0.25) is 0 Å². The van der Waals surface area contributed by atoms with Crippen LogP contribution in [0.1, 0.15) is 39.0 Å². The molecule has 0 spiro atoms. The van der Waals surface area contributed by atoms with Crippen LogP contribution in [0, 0.1) is 5.92 Å². The Bertz CT molecular complexity index is 458. The van der Waals surface area contributed by atoms with E-state index in [1.54, 1.807) is 7.11 Å². The predicted molar refractivity (Wildman–Crippen MR) is 80.8 cm³/mol. The van der Waals surface area contributed by atoms with Crippen molar-refractivity contribution < 1.29 is 9.53 Å². The van der Waals surface area contributed by atoms with Crippen molar-refractivity contribution in [3.63, 3.8) is 0 Å². The zero-order valence-corrected chi connectivity index (χ0v) is 12.3. The molecule has 4 heteroatoms. The van der Waals surface area contributed by atoms with E-state index >= 15 is 0 Å². The van der Waals surface area contributed by atoms with Gasteiger partial charge in [0.2, 0.25) is 5.91 Å². The number of nitrogens with two attached hydrogens (primary N) is 1. The average Bonchev–Trinajstić information content (AvgIpc) is 2.48. The summed E-state index contributed by atoms with van der Waals surface area (Å²) >= 11 is 0. The van der Waals surface area contributed by atoms with Crippen LogP contribution in [0.5, 0.6) is 5.75 Å². The minimum Gasteiger partial charge on any atom is -0.497 e. The van der Waals surface area contributed by atoms with Crippen molar-refractivity contribution in [3.8, 4) is 5.75 Å². The Labute approximate surface area is 120 Å². The number of rotatable bonds is 5. The fourth-order valence-electron chi connectivity index (χ4n) is 3.09. The monoisotopic (exact) mass is 276 g/mol. The van der Waals surface area contributed by atoms with E-state index in [2.05, 4.69) is 12.2 Å². The molecule has 2 rings (SSSR count). The zero-order chi connectivity index (χ0) is 14.6. The standard InChI is InChI=1S/C16H24N2O2/c1-3-12-5-4-10-16(11-12,15(17)19)18-13-6-8-14(20-2)9-7-13/h6-9,12,18H,3-5,10-11H2,1-2H3,(H2,17,19). The Morgan fingerprint density at radius 2 is 2.15 bits per heavy atom. The summed E-state index contributed by atoms with van der Waals surface area (Å²) in [4.78, 5) is 12.0. The molecule has 0 heterocycles. The van der Waals surface area contributed by atoms with Crippen molar-refractivity contribution in [3.05, 3.63) is 24.3 Å². The van der Waals surface area contributed by atoms with Crippen molar-refractivity contribution in [2.45, 2.75) is 44.6 Å². The molecule has 0 aromatic heterocycles. The molecule has 1 amide bonds. The summed E-state index contributed by atoms with van der Waals surface area (Å²) in [6.45, 7) is 2.18. The van der Waals surface area contributed by atoms with Gasteiger partial charge in [-0.2, -0.15) is 0 Å². The maximum Gasteiger partial charge on any atom is 0.243 e. The third kappa shape index (κ3) is 3.06. The maximum atomic E-state index is 12.0. The van der Waals surface area contributed by atoms with Gasteiger partial charge in [0.15, 0.2) is 0 Å². The molecule has 0 aliphatic heterocycles. The molecule has 2 atom stereocenters. The third-order valence-corrected chi connectivity index (χ3v) is 4.38. The van der Waals surface area contributed by atoms with Crippen LogP contribution < -0.4 is 15.8 Å². The smallest absolute Gasteiger partial charge is 0.243 e. The first-order valence-corrected chi connectivity index (χ1v) is 7.32. The lowest BCUT2D eigenvalue weighted by atomic mass is 9.74. The van der Waals surface area contributed by atoms with Crippen molar-refractivity contribution in [2.75, 3.05) is 12.4 Å². The van der Waals surface area contributed by atoms with Crippen LogP contribution in [-0.2, 0) is 4.79 Å². The van der Waals surface area contributed by atoms with Gasteiger partial charge in [-0.3, -0.25) is 4.79 Å². The van der Waals surface area contributed by atoms with Gasteiger partial charge in [-0.1, -0.05) is 26.2 Å². The van der Waals surface area contributed by atoms with Gasteiger partial charge in [-0.15, -0.1) is 0 Å². The van der Waals surface area contributed by atoms with E-state index in [0.717, 1.165) is 37.1 Å². The van der Waals surface area contributed by atoms with E-state index < -0.39 is 5.54 Å². The molecular weight excluding hydrogens is 252 g/mol. The highest BCUT2D eigenvalue weighted by atomic mass is 16.5. The summed E-state index contributed by atoms with van der Waals surface area (Å²) in [6.07, 6.45) is 4.97. The Morgan fingerprint density at radius 3 is 2.70 bits per heavy atom. The number of benzene rings is 1. The highest BCUT2D eigenvalue weighted by molar-refractivity contribution is 5.88. The van der Waals surface area contributed by atoms with Crippen molar-refractivity contribution in [1.82, 2.24) is 0 Å². The molecule has 4 nitrogen and oxygen atoms in total. The van der Waals surface area contributed by atoms with Crippen molar-refractivity contribution in [1.29, 1.82) is 0 Å². The first-order chi connectivity index (χ1) is 9.59. The van der Waals surface area contributed by atoms with Gasteiger partial charge >= 0.3 is 0 Å². The Kier molecular flexibility index (Phi) is 4.53. The normalized spacial score (nSPS) is 26.0. The van der Waals surface area contributed by atoms with Gasteiger partial charge in [0.05, 0.1) is 7.11 Å². The largest absolute Gasteiger partial charge is 0.497 e. The summed E-state index contributed by atoms with van der Waals surface area (Å²) in [5.74, 6) is 1.13. The predicted octanol–water partition coefficient (Wildman–Crippen LogP) is 2.93. The molecular formula is C16H24N2O2. The second-order valence-electron chi connectivity index (χ2n) is 5.67. The molecule has 2 unspecified atom stereocenters. The molecule has 0 radical (unpaired) electrons. The van der Waals surface area contributed by atoms with Crippen LogP contribution >= 0.6 is 0 Å². The topological polar surface area (TPSA) is 64.3 Å². The number of amides is 1. The fourth-order valence-corrected chi connectivity index (χ4v) is 3.09. The van der Waals surface area contributed by atoms with Crippen molar-refractivity contribution >= 4 is 11.6 Å². The van der Waals surface area contributed by atoms with Crippen LogP contribution in [-0.4, -0.2) is 18.6 Å². The molecule has 1 aliphatic rings. The van der Waals surface area contributed by atoms with Gasteiger partial charge in [-0.05, 0) is 43.0 Å². The zero-order valence-electron chi connectivity index (χ0n) is 12.3. The van der Waals surface area contributed by atoms with Crippen LogP contribution in [0.15, 0.2) is 24.3 Å². The van der Waals surface area contributed by atoms with E-state index in [0.29, 0.717) is 5.92 Å². The maximum absolute atomic E-state index is 12.0. The minimum absolute atomic E-state index is 0.244. The molecule has 0 bridgehead atoms. The van der Waals surface area contributed by atoms with E-state index in [9.17, 15) is 4.79 Å². The van der Waals surface area contributed by atoms with Gasteiger partial charge in [-0.25, -0.2) is 0 Å². The molecule has 1 aromatic rings. The SMILES string of the molecule is CCC1CCCC(Nc2ccc(OC)cc2)(C(N)=O)C1. The number of hydrogen-bond acceptors (Lipinski definition) is 3. The minimum atomic E-state index is -0.604. The molecule has 1 saturated carbocycles. The number of carbonyl (C=O) groups excluding carboxylic acids is 1. The van der Waals surface area contributed by atoms with Gasteiger partial charge in [0.25, 0.3) is 0 Å². The number of ether oxygens (including phenoxy) is 1. The molecule has 1 fully saturated rings. The number of hydrogen-bond donors (Lipinski definition) is 2. The number of carbonyl (C=O) groups is 1. The highest BCUT2D eigenvalue weighted by Crippen LogP contribution is 2.36. The lowest BCUT2D eigenvalue weighted by Gasteiger charge is -2.39. The summed E-state index contributed by atoms with van der Waals surface area (Å²) in [5, 5.41) is 3.38. The average molecular weight is 276 g/mol. The fraction of sp³-hybridized carbons (Fsp3) is 0.562. The van der Waals surface area contributed by atoms with Gasteiger partial charge in [0.1, 0.15) is 11.3 Å². The summed E-state index contributed by atoms with van der Waals surface area (Å²) < 4.78 is 5.15. The number of methoxy groups -OCH3 is 1. The lowest BCUT2D eigenvalue weighted by Crippen LogP contribution is -2.53. The first-order valence-electron chi connectivity index (χ1n) is 7.32. The number of nitrogens with one attached hydrogen (secondary N) is 1. The summed E-state index contributed by atoms with van der Waals surface area (Å²) in [7, 11) is 1.64. The number of anilines is 1. The van der Waals surface area contributed by atoms with Gasteiger partial charge < -0.3 is 15.8 Å². The second-order valence-corrected chi connectivity index (χ2v) is 5.67. The van der Waals surface area contributed by atoms with E-state index in [4.69, 9.17) is 10.5 Å². The van der Waals surface area contributed by atoms with Gasteiger partial charge in [0, 0.05) is 5.69 Å².